The van der Waals surface area contributed by atoms with Gasteiger partial charge in [-0.2, -0.15) is 0 Å². The van der Waals surface area contributed by atoms with Crippen molar-refractivity contribution in [3.05, 3.63) is 89.5 Å². The molecular weight excluding hydrogens is 418 g/mol. The van der Waals surface area contributed by atoms with Gasteiger partial charge in [0.15, 0.2) is 5.78 Å². The topological polar surface area (TPSA) is 83.8 Å². The van der Waals surface area contributed by atoms with Gasteiger partial charge in [-0.25, -0.2) is 4.79 Å². The van der Waals surface area contributed by atoms with E-state index >= 15 is 0 Å². The molecule has 5 rings (SSSR count). The molecule has 1 aliphatic heterocycles. The number of ether oxygens (including phenoxy) is 1. The first-order chi connectivity index (χ1) is 16.1. The van der Waals surface area contributed by atoms with Crippen LogP contribution in [-0.4, -0.2) is 26.0 Å². The van der Waals surface area contributed by atoms with E-state index in [9.17, 15) is 9.59 Å². The van der Waals surface area contributed by atoms with Crippen LogP contribution in [0.4, 0.5) is 16.2 Å². The number of urea groups is 1. The number of hydrogen-bond acceptors (Lipinski definition) is 5. The summed E-state index contributed by atoms with van der Waals surface area (Å²) >= 11 is 0. The van der Waals surface area contributed by atoms with E-state index in [1.807, 2.05) is 60.7 Å². The Hall–Kier alpha value is -4.00. The summed E-state index contributed by atoms with van der Waals surface area (Å²) in [5, 5.41) is 6.24. The lowest BCUT2D eigenvalue weighted by molar-refractivity contribution is -0.116. The van der Waals surface area contributed by atoms with E-state index in [1.165, 1.54) is 0 Å². The van der Waals surface area contributed by atoms with Crippen LogP contribution in [0.15, 0.2) is 82.6 Å². The molecule has 0 spiro atoms. The van der Waals surface area contributed by atoms with Crippen LogP contribution in [0.2, 0.25) is 0 Å². The highest BCUT2D eigenvalue weighted by atomic mass is 16.5. The molecule has 3 aromatic rings. The van der Waals surface area contributed by atoms with Crippen molar-refractivity contribution < 1.29 is 18.7 Å². The molecule has 2 amide bonds. The third kappa shape index (κ3) is 3.65. The number of carbonyl (C=O) groups is 2. The van der Waals surface area contributed by atoms with Crippen molar-refractivity contribution >= 4 is 23.2 Å². The number of allylic oxidation sites excluding steroid dienone is 1. The van der Waals surface area contributed by atoms with Crippen molar-refractivity contribution in [1.82, 2.24) is 5.32 Å². The number of anilines is 2. The predicted molar refractivity (Wildman–Crippen MR) is 125 cm³/mol. The van der Waals surface area contributed by atoms with Gasteiger partial charge >= 0.3 is 6.03 Å². The van der Waals surface area contributed by atoms with Crippen molar-refractivity contribution in [2.45, 2.75) is 24.8 Å². The maximum Gasteiger partial charge on any atom is 0.322 e. The summed E-state index contributed by atoms with van der Waals surface area (Å²) in [6.07, 6.45) is 2.56. The Morgan fingerprint density at radius 3 is 2.58 bits per heavy atom. The molecule has 2 heterocycles. The molecule has 1 aromatic heterocycles. The van der Waals surface area contributed by atoms with E-state index in [4.69, 9.17) is 9.15 Å². The first kappa shape index (κ1) is 20.9. The lowest BCUT2D eigenvalue weighted by atomic mass is 9.80. The molecule has 7 heteroatoms. The van der Waals surface area contributed by atoms with Crippen LogP contribution in [0, 0.1) is 0 Å². The van der Waals surface area contributed by atoms with Crippen molar-refractivity contribution in [3.63, 3.8) is 0 Å². The molecule has 2 atom stereocenters. The molecule has 0 bridgehead atoms. The van der Waals surface area contributed by atoms with Gasteiger partial charge in [0.05, 0.1) is 30.8 Å². The molecule has 2 unspecified atom stereocenters. The largest absolute Gasteiger partial charge is 0.497 e. The number of para-hydroxylation sites is 2. The predicted octanol–water partition coefficient (Wildman–Crippen LogP) is 5.00. The molecular formula is C26H25N3O4. The van der Waals surface area contributed by atoms with Crippen LogP contribution < -0.4 is 20.3 Å². The number of nitrogens with zero attached hydrogens (tertiary/aromatic N) is 1. The van der Waals surface area contributed by atoms with Crippen molar-refractivity contribution in [3.8, 4) is 5.75 Å². The van der Waals surface area contributed by atoms with Crippen LogP contribution in [0.3, 0.4) is 0 Å². The minimum absolute atomic E-state index is 0.00678. The summed E-state index contributed by atoms with van der Waals surface area (Å²) in [7, 11) is 3.21. The number of furan rings is 1. The maximum atomic E-state index is 13.7. The Bertz CT molecular complexity index is 1210. The van der Waals surface area contributed by atoms with Gasteiger partial charge in [-0.1, -0.05) is 24.3 Å². The van der Waals surface area contributed by atoms with Gasteiger partial charge in [0.1, 0.15) is 11.5 Å². The SMILES string of the molecule is CNC(=O)N1c2ccccc2NC2=C(C(=O)CC(c3ccco3)C2)C1c1ccc(OC)cc1. The zero-order chi connectivity index (χ0) is 22.9. The molecule has 33 heavy (non-hydrogen) atoms. The van der Waals surface area contributed by atoms with Gasteiger partial charge < -0.3 is 19.8 Å². The second-order valence-corrected chi connectivity index (χ2v) is 8.18. The number of nitrogens with one attached hydrogen (secondary N) is 2. The fourth-order valence-electron chi connectivity index (χ4n) is 4.76. The van der Waals surface area contributed by atoms with E-state index < -0.39 is 6.04 Å². The number of carbonyl (C=O) groups excluding carboxylic acids is 2. The third-order valence-electron chi connectivity index (χ3n) is 6.30. The van der Waals surface area contributed by atoms with E-state index in [0.717, 1.165) is 22.7 Å². The zero-order valence-electron chi connectivity index (χ0n) is 18.5. The van der Waals surface area contributed by atoms with Crippen molar-refractivity contribution in [2.24, 2.45) is 0 Å². The number of rotatable bonds is 3. The quantitative estimate of drug-likeness (QED) is 0.595. The summed E-state index contributed by atoms with van der Waals surface area (Å²) in [6, 6.07) is 18.0. The van der Waals surface area contributed by atoms with E-state index in [0.29, 0.717) is 29.9 Å². The number of fused-ring (bicyclic) bond motifs is 1. The molecule has 168 valence electrons. The maximum absolute atomic E-state index is 13.7. The van der Waals surface area contributed by atoms with Gasteiger partial charge in [0.25, 0.3) is 0 Å². The molecule has 2 N–H and O–H groups in total. The number of ketones is 1. The molecule has 0 saturated carbocycles. The molecule has 7 nitrogen and oxygen atoms in total. The fraction of sp³-hybridized carbons (Fsp3) is 0.231. The van der Waals surface area contributed by atoms with E-state index in [2.05, 4.69) is 10.6 Å². The Kier molecular flexibility index (Phi) is 5.38. The standard InChI is InChI=1S/C26H25N3O4/c1-27-26(31)29-21-7-4-3-6-19(21)28-20-14-17(23-8-5-13-33-23)15-22(30)24(20)25(29)16-9-11-18(32-2)12-10-16/h3-13,17,25,28H,14-15H2,1-2H3,(H,27,31). The van der Waals surface area contributed by atoms with Crippen LogP contribution in [0.25, 0.3) is 0 Å². The first-order valence-electron chi connectivity index (χ1n) is 10.9. The lowest BCUT2D eigenvalue weighted by Crippen LogP contribution is -2.43. The second-order valence-electron chi connectivity index (χ2n) is 8.18. The lowest BCUT2D eigenvalue weighted by Gasteiger charge is -2.34. The second kappa shape index (κ2) is 8.50. The highest BCUT2D eigenvalue weighted by molar-refractivity contribution is 6.06. The van der Waals surface area contributed by atoms with E-state index in [-0.39, 0.29) is 17.7 Å². The molecule has 0 fully saturated rings. The molecule has 0 saturated heterocycles. The summed E-state index contributed by atoms with van der Waals surface area (Å²) in [6.45, 7) is 0. The number of hydrogen-bond donors (Lipinski definition) is 2. The molecule has 2 aromatic carbocycles. The summed E-state index contributed by atoms with van der Waals surface area (Å²) in [4.78, 5) is 28.6. The number of methoxy groups -OCH3 is 1. The van der Waals surface area contributed by atoms with Crippen LogP contribution in [-0.2, 0) is 4.79 Å². The molecule has 1 aliphatic carbocycles. The third-order valence-corrected chi connectivity index (χ3v) is 6.30. The summed E-state index contributed by atoms with van der Waals surface area (Å²) < 4.78 is 10.9. The summed E-state index contributed by atoms with van der Waals surface area (Å²) in [5.41, 5.74) is 3.72. The smallest absolute Gasteiger partial charge is 0.322 e. The van der Waals surface area contributed by atoms with E-state index in [1.54, 1.807) is 25.3 Å². The Balaban J connectivity index is 1.71. The van der Waals surface area contributed by atoms with Crippen molar-refractivity contribution in [1.29, 1.82) is 0 Å². The first-order valence-corrected chi connectivity index (χ1v) is 10.9. The van der Waals surface area contributed by atoms with Gasteiger partial charge in [0.2, 0.25) is 0 Å². The number of amides is 2. The van der Waals surface area contributed by atoms with Gasteiger partial charge in [-0.3, -0.25) is 9.69 Å². The van der Waals surface area contributed by atoms with Gasteiger partial charge in [-0.05, 0) is 48.4 Å². The number of benzene rings is 2. The Morgan fingerprint density at radius 2 is 1.88 bits per heavy atom. The Morgan fingerprint density at radius 1 is 1.09 bits per heavy atom. The number of Topliss-reactive ketones (excluding diaryl/α,β-unsaturated/α-hetero) is 1. The normalized spacial score (nSPS) is 19.8. The minimum atomic E-state index is -0.591. The Labute approximate surface area is 192 Å². The highest BCUT2D eigenvalue weighted by Crippen LogP contribution is 2.47. The average molecular weight is 444 g/mol. The monoisotopic (exact) mass is 443 g/mol. The molecule has 0 radical (unpaired) electrons. The van der Waals surface area contributed by atoms with Crippen LogP contribution >= 0.6 is 0 Å². The van der Waals surface area contributed by atoms with Gasteiger partial charge in [-0.15, -0.1) is 0 Å². The van der Waals surface area contributed by atoms with Crippen LogP contribution in [0.1, 0.15) is 36.1 Å². The molecule has 2 aliphatic rings. The average Bonchev–Trinajstić information content (AvgIpc) is 3.34. The van der Waals surface area contributed by atoms with Crippen molar-refractivity contribution in [2.75, 3.05) is 24.4 Å². The fourth-order valence-corrected chi connectivity index (χ4v) is 4.76. The van der Waals surface area contributed by atoms with Crippen LogP contribution in [0.5, 0.6) is 5.75 Å². The summed E-state index contributed by atoms with van der Waals surface area (Å²) in [5.74, 6) is 1.43. The minimum Gasteiger partial charge on any atom is -0.497 e. The highest BCUT2D eigenvalue weighted by Gasteiger charge is 2.41. The van der Waals surface area contributed by atoms with Gasteiger partial charge in [0, 0.05) is 30.7 Å². The zero-order valence-corrected chi connectivity index (χ0v) is 18.5.